The van der Waals surface area contributed by atoms with Gasteiger partial charge in [-0.2, -0.15) is 5.10 Å². The van der Waals surface area contributed by atoms with E-state index in [2.05, 4.69) is 5.10 Å². The Balaban J connectivity index is 2.75. The first kappa shape index (κ1) is 13.6. The van der Waals surface area contributed by atoms with E-state index >= 15 is 0 Å². The predicted octanol–water partition coefficient (Wildman–Crippen LogP) is 2.41. The molecular weight excluding hydrogens is 262 g/mol. The van der Waals surface area contributed by atoms with Crippen molar-refractivity contribution in [3.05, 3.63) is 18.3 Å². The molecule has 5 nitrogen and oxygen atoms in total. The molecular formula is C13H17N3O2S. The Morgan fingerprint density at radius 3 is 2.32 bits per heavy atom. The zero-order chi connectivity index (χ0) is 14.0. The molecule has 0 aliphatic heterocycles. The number of hydrogen-bond donors (Lipinski definition) is 1. The number of hydrogen-bond acceptors (Lipinski definition) is 5. The van der Waals surface area contributed by atoms with Crippen molar-refractivity contribution in [1.29, 1.82) is 0 Å². The van der Waals surface area contributed by atoms with E-state index in [0.29, 0.717) is 5.82 Å². The second kappa shape index (κ2) is 5.44. The van der Waals surface area contributed by atoms with Crippen molar-refractivity contribution >= 4 is 17.6 Å². The third kappa shape index (κ3) is 2.23. The number of aryl methyl sites for hydroxylation is 1. The van der Waals surface area contributed by atoms with Gasteiger partial charge in [-0.15, -0.1) is 11.8 Å². The molecule has 2 aromatic rings. The van der Waals surface area contributed by atoms with Crippen molar-refractivity contribution in [1.82, 2.24) is 9.78 Å². The van der Waals surface area contributed by atoms with Crippen molar-refractivity contribution in [2.24, 2.45) is 7.05 Å². The van der Waals surface area contributed by atoms with Gasteiger partial charge in [-0.1, -0.05) is 0 Å². The van der Waals surface area contributed by atoms with Crippen LogP contribution in [0.2, 0.25) is 0 Å². The van der Waals surface area contributed by atoms with Crippen LogP contribution in [0.4, 0.5) is 5.82 Å². The zero-order valence-electron chi connectivity index (χ0n) is 11.4. The van der Waals surface area contributed by atoms with Crippen LogP contribution in [-0.2, 0) is 7.05 Å². The molecule has 1 heterocycles. The van der Waals surface area contributed by atoms with Crippen LogP contribution in [-0.4, -0.2) is 30.3 Å². The number of rotatable bonds is 4. The van der Waals surface area contributed by atoms with Crippen molar-refractivity contribution in [3.8, 4) is 22.6 Å². The Labute approximate surface area is 116 Å². The monoisotopic (exact) mass is 279 g/mol. The summed E-state index contributed by atoms with van der Waals surface area (Å²) in [6.07, 6.45) is 3.74. The lowest BCUT2D eigenvalue weighted by Crippen LogP contribution is -2.00. The summed E-state index contributed by atoms with van der Waals surface area (Å²) in [5.74, 6) is 2.15. The maximum Gasteiger partial charge on any atom is 0.133 e. The number of nitrogens with two attached hydrogens (primary N) is 1. The highest BCUT2D eigenvalue weighted by atomic mass is 32.2. The quantitative estimate of drug-likeness (QED) is 0.871. The molecule has 0 spiro atoms. The highest BCUT2D eigenvalue weighted by Gasteiger charge is 2.19. The van der Waals surface area contributed by atoms with Gasteiger partial charge in [0.05, 0.1) is 25.3 Å². The van der Waals surface area contributed by atoms with Crippen molar-refractivity contribution in [3.63, 3.8) is 0 Å². The summed E-state index contributed by atoms with van der Waals surface area (Å²) < 4.78 is 12.5. The number of anilines is 1. The number of methoxy groups -OCH3 is 2. The molecule has 2 rings (SSSR count). The summed E-state index contributed by atoms with van der Waals surface area (Å²) in [7, 11) is 5.10. The lowest BCUT2D eigenvalue weighted by molar-refractivity contribution is 0.396. The molecule has 6 heteroatoms. The van der Waals surface area contributed by atoms with Crippen LogP contribution in [0.15, 0.2) is 23.2 Å². The first-order valence-electron chi connectivity index (χ1n) is 5.70. The lowest BCUT2D eigenvalue weighted by atomic mass is 10.1. The Bertz CT molecular complexity index is 596. The van der Waals surface area contributed by atoms with Gasteiger partial charge < -0.3 is 15.2 Å². The standard InChI is InChI=1S/C13H17N3O2S/c1-16-13(14)8(7-15-16)11-9(17-2)5-6-10(18-3)12(11)19-4/h5-7H,14H2,1-4H3. The number of thioether (sulfide) groups is 1. The van der Waals surface area contributed by atoms with Crippen LogP contribution in [0.3, 0.4) is 0 Å². The average Bonchev–Trinajstić information content (AvgIpc) is 2.77. The molecule has 0 amide bonds. The Kier molecular flexibility index (Phi) is 3.90. The summed E-state index contributed by atoms with van der Waals surface area (Å²) in [6, 6.07) is 3.76. The highest BCUT2D eigenvalue weighted by Crippen LogP contribution is 2.45. The Morgan fingerprint density at radius 2 is 1.84 bits per heavy atom. The van der Waals surface area contributed by atoms with Gasteiger partial charge in [-0.3, -0.25) is 4.68 Å². The second-order valence-electron chi connectivity index (χ2n) is 3.95. The van der Waals surface area contributed by atoms with Gasteiger partial charge in [0, 0.05) is 18.2 Å². The van der Waals surface area contributed by atoms with E-state index in [1.54, 1.807) is 36.9 Å². The molecule has 0 fully saturated rings. The molecule has 0 atom stereocenters. The molecule has 2 N–H and O–H groups in total. The lowest BCUT2D eigenvalue weighted by Gasteiger charge is -2.15. The van der Waals surface area contributed by atoms with Crippen molar-refractivity contribution in [2.45, 2.75) is 4.90 Å². The van der Waals surface area contributed by atoms with Crippen LogP contribution >= 0.6 is 11.8 Å². The largest absolute Gasteiger partial charge is 0.496 e. The Hall–Kier alpha value is -1.82. The van der Waals surface area contributed by atoms with Crippen LogP contribution in [0, 0.1) is 0 Å². The summed E-state index contributed by atoms with van der Waals surface area (Å²) in [5, 5.41) is 4.18. The van der Waals surface area contributed by atoms with Crippen molar-refractivity contribution in [2.75, 3.05) is 26.2 Å². The average molecular weight is 279 g/mol. The minimum Gasteiger partial charge on any atom is -0.496 e. The normalized spacial score (nSPS) is 10.5. The minimum absolute atomic E-state index is 0.599. The SMILES string of the molecule is COc1ccc(OC)c(-c2cnn(C)c2N)c1SC. The van der Waals surface area contributed by atoms with Gasteiger partial charge in [-0.25, -0.2) is 0 Å². The molecule has 0 aliphatic carbocycles. The predicted molar refractivity (Wildman–Crippen MR) is 77.9 cm³/mol. The van der Waals surface area contributed by atoms with Crippen LogP contribution in [0.5, 0.6) is 11.5 Å². The maximum atomic E-state index is 6.07. The summed E-state index contributed by atoms with van der Waals surface area (Å²) in [6.45, 7) is 0. The number of ether oxygens (including phenoxy) is 2. The smallest absolute Gasteiger partial charge is 0.133 e. The zero-order valence-corrected chi connectivity index (χ0v) is 12.2. The van der Waals surface area contributed by atoms with Gasteiger partial charge in [0.15, 0.2) is 0 Å². The fourth-order valence-electron chi connectivity index (χ4n) is 1.97. The molecule has 0 aliphatic rings. The number of benzene rings is 1. The molecule has 19 heavy (non-hydrogen) atoms. The molecule has 0 saturated heterocycles. The first-order valence-corrected chi connectivity index (χ1v) is 6.93. The molecule has 0 saturated carbocycles. The van der Waals surface area contributed by atoms with Crippen LogP contribution in [0.25, 0.3) is 11.1 Å². The third-order valence-corrected chi connectivity index (χ3v) is 3.79. The van der Waals surface area contributed by atoms with Gasteiger partial charge in [0.2, 0.25) is 0 Å². The Morgan fingerprint density at radius 1 is 1.21 bits per heavy atom. The molecule has 102 valence electrons. The van der Waals surface area contributed by atoms with Gasteiger partial charge in [0.25, 0.3) is 0 Å². The van der Waals surface area contributed by atoms with E-state index in [0.717, 1.165) is 27.5 Å². The number of aromatic nitrogens is 2. The van der Waals surface area contributed by atoms with E-state index in [4.69, 9.17) is 15.2 Å². The molecule has 0 bridgehead atoms. The topological polar surface area (TPSA) is 62.3 Å². The van der Waals surface area contributed by atoms with Crippen LogP contribution < -0.4 is 15.2 Å². The molecule has 0 unspecified atom stereocenters. The fourth-order valence-corrected chi connectivity index (χ4v) is 2.74. The second-order valence-corrected chi connectivity index (χ2v) is 4.76. The van der Waals surface area contributed by atoms with E-state index < -0.39 is 0 Å². The third-order valence-electron chi connectivity index (χ3n) is 2.98. The number of nitrogen functional groups attached to an aromatic ring is 1. The van der Waals surface area contributed by atoms with Crippen molar-refractivity contribution < 1.29 is 9.47 Å². The van der Waals surface area contributed by atoms with Gasteiger partial charge in [0.1, 0.15) is 17.3 Å². The number of nitrogens with zero attached hydrogens (tertiary/aromatic N) is 2. The fraction of sp³-hybridized carbons (Fsp3) is 0.308. The van der Waals surface area contributed by atoms with E-state index in [1.165, 1.54) is 0 Å². The van der Waals surface area contributed by atoms with Gasteiger partial charge >= 0.3 is 0 Å². The van der Waals surface area contributed by atoms with E-state index in [9.17, 15) is 0 Å². The minimum atomic E-state index is 0.599. The van der Waals surface area contributed by atoms with E-state index in [-0.39, 0.29) is 0 Å². The van der Waals surface area contributed by atoms with Crippen LogP contribution in [0.1, 0.15) is 0 Å². The molecule has 1 aromatic heterocycles. The summed E-state index contributed by atoms with van der Waals surface area (Å²) in [4.78, 5) is 0.988. The molecule has 0 radical (unpaired) electrons. The highest BCUT2D eigenvalue weighted by molar-refractivity contribution is 7.98. The first-order chi connectivity index (χ1) is 9.13. The summed E-state index contributed by atoms with van der Waals surface area (Å²) >= 11 is 1.59. The molecule has 1 aromatic carbocycles. The summed E-state index contributed by atoms with van der Waals surface area (Å²) in [5.41, 5.74) is 7.83. The van der Waals surface area contributed by atoms with Gasteiger partial charge in [-0.05, 0) is 18.4 Å². The van der Waals surface area contributed by atoms with E-state index in [1.807, 2.05) is 25.4 Å². The maximum absolute atomic E-state index is 6.07.